The number of carboxylic acids is 1. The van der Waals surface area contributed by atoms with Crippen molar-refractivity contribution in [3.05, 3.63) is 46.2 Å². The van der Waals surface area contributed by atoms with E-state index in [4.69, 9.17) is 0 Å². The van der Waals surface area contributed by atoms with Crippen molar-refractivity contribution in [2.24, 2.45) is 0 Å². The van der Waals surface area contributed by atoms with Gasteiger partial charge in [-0.25, -0.2) is 9.48 Å². The minimum absolute atomic E-state index is 0.313. The summed E-state index contributed by atoms with van der Waals surface area (Å²) in [7, 11) is 0. The highest BCUT2D eigenvalue weighted by atomic mass is 79.9. The summed E-state index contributed by atoms with van der Waals surface area (Å²) in [6.45, 7) is 0. The Morgan fingerprint density at radius 2 is 2.11 bits per heavy atom. The van der Waals surface area contributed by atoms with Crippen molar-refractivity contribution in [3.63, 3.8) is 0 Å². The van der Waals surface area contributed by atoms with Gasteiger partial charge in [-0.1, -0.05) is 12.1 Å². The Balaban J connectivity index is 2.18. The molecule has 1 N–H and O–H groups in total. The van der Waals surface area contributed by atoms with Crippen molar-refractivity contribution in [1.82, 2.24) is 9.78 Å². The Hall–Kier alpha value is -1.62. The molecule has 0 aliphatic heterocycles. The molecule has 92 valence electrons. The molecular formula is C13H11BrN2O2. The largest absolute Gasteiger partial charge is 0.478 e. The lowest BCUT2D eigenvalue weighted by molar-refractivity contribution is 0.0695. The van der Waals surface area contributed by atoms with Gasteiger partial charge in [0.2, 0.25) is 0 Å². The van der Waals surface area contributed by atoms with E-state index in [2.05, 4.69) is 21.0 Å². The van der Waals surface area contributed by atoms with Crippen LogP contribution in [0.25, 0.3) is 5.69 Å². The Labute approximate surface area is 112 Å². The van der Waals surface area contributed by atoms with Crippen LogP contribution in [0.2, 0.25) is 0 Å². The standard InChI is InChI=1S/C13H11BrN2O2/c14-10-3-1-2-4-11(10)16-12(8-5-6-8)9(7-15-16)13(17)18/h1-4,7-8H,5-6H2,(H,17,18). The fourth-order valence-corrected chi connectivity index (χ4v) is 2.54. The fourth-order valence-electron chi connectivity index (χ4n) is 2.09. The minimum Gasteiger partial charge on any atom is -0.478 e. The van der Waals surface area contributed by atoms with Gasteiger partial charge >= 0.3 is 5.97 Å². The quantitative estimate of drug-likeness (QED) is 0.947. The Bertz CT molecular complexity index is 617. The molecule has 18 heavy (non-hydrogen) atoms. The second-order valence-electron chi connectivity index (χ2n) is 4.39. The maximum atomic E-state index is 11.2. The molecular weight excluding hydrogens is 296 g/mol. The lowest BCUT2D eigenvalue weighted by Crippen LogP contribution is -2.06. The molecule has 1 aliphatic rings. The van der Waals surface area contributed by atoms with Crippen LogP contribution in [0.5, 0.6) is 0 Å². The molecule has 1 saturated carbocycles. The van der Waals surface area contributed by atoms with Crippen LogP contribution in [-0.2, 0) is 0 Å². The number of halogens is 1. The predicted octanol–water partition coefficient (Wildman–Crippen LogP) is 3.21. The van der Waals surface area contributed by atoms with Crippen LogP contribution < -0.4 is 0 Å². The van der Waals surface area contributed by atoms with Crippen LogP contribution in [0.1, 0.15) is 34.8 Å². The average Bonchev–Trinajstić information content (AvgIpc) is 3.09. The van der Waals surface area contributed by atoms with Crippen LogP contribution in [0.4, 0.5) is 0 Å². The van der Waals surface area contributed by atoms with Crippen molar-refractivity contribution in [1.29, 1.82) is 0 Å². The van der Waals surface area contributed by atoms with Gasteiger partial charge in [-0.15, -0.1) is 0 Å². The van der Waals surface area contributed by atoms with Crippen LogP contribution in [0.15, 0.2) is 34.9 Å². The van der Waals surface area contributed by atoms with Gasteiger partial charge in [-0.05, 0) is 40.9 Å². The highest BCUT2D eigenvalue weighted by molar-refractivity contribution is 9.10. The number of carboxylic acid groups (broad SMARTS) is 1. The molecule has 1 fully saturated rings. The van der Waals surface area contributed by atoms with Gasteiger partial charge in [0.25, 0.3) is 0 Å². The van der Waals surface area contributed by atoms with Gasteiger partial charge in [0.1, 0.15) is 5.56 Å². The summed E-state index contributed by atoms with van der Waals surface area (Å²) in [6.07, 6.45) is 3.52. The van der Waals surface area contributed by atoms with E-state index in [0.717, 1.165) is 28.7 Å². The molecule has 0 unspecified atom stereocenters. The Kier molecular flexibility index (Phi) is 2.70. The van der Waals surface area contributed by atoms with E-state index in [1.807, 2.05) is 24.3 Å². The van der Waals surface area contributed by atoms with Crippen LogP contribution in [0.3, 0.4) is 0 Å². The molecule has 0 saturated heterocycles. The van der Waals surface area contributed by atoms with Gasteiger partial charge in [0.05, 0.1) is 17.6 Å². The van der Waals surface area contributed by atoms with Crippen molar-refractivity contribution >= 4 is 21.9 Å². The van der Waals surface area contributed by atoms with Crippen LogP contribution >= 0.6 is 15.9 Å². The van der Waals surface area contributed by atoms with Gasteiger partial charge in [-0.2, -0.15) is 5.10 Å². The van der Waals surface area contributed by atoms with E-state index in [9.17, 15) is 9.90 Å². The van der Waals surface area contributed by atoms with Crippen LogP contribution in [-0.4, -0.2) is 20.9 Å². The molecule has 5 heteroatoms. The van der Waals surface area contributed by atoms with Crippen molar-refractivity contribution in [2.75, 3.05) is 0 Å². The highest BCUT2D eigenvalue weighted by Crippen LogP contribution is 2.43. The van der Waals surface area contributed by atoms with E-state index in [1.54, 1.807) is 4.68 Å². The molecule has 2 aromatic rings. The van der Waals surface area contributed by atoms with E-state index < -0.39 is 5.97 Å². The molecule has 1 aromatic heterocycles. The zero-order valence-corrected chi connectivity index (χ0v) is 11.1. The number of carbonyl (C=O) groups is 1. The number of nitrogens with zero attached hydrogens (tertiary/aromatic N) is 2. The molecule has 0 atom stereocenters. The summed E-state index contributed by atoms with van der Waals surface area (Å²) in [5.41, 5.74) is 2.01. The fraction of sp³-hybridized carbons (Fsp3) is 0.231. The molecule has 0 spiro atoms. The first-order valence-electron chi connectivity index (χ1n) is 5.74. The number of hydrogen-bond acceptors (Lipinski definition) is 2. The molecule has 0 bridgehead atoms. The molecule has 0 amide bonds. The van der Waals surface area contributed by atoms with E-state index in [1.165, 1.54) is 6.20 Å². The van der Waals surface area contributed by atoms with Gasteiger partial charge in [0.15, 0.2) is 0 Å². The topological polar surface area (TPSA) is 55.1 Å². The molecule has 3 rings (SSSR count). The summed E-state index contributed by atoms with van der Waals surface area (Å²) >= 11 is 3.47. The summed E-state index contributed by atoms with van der Waals surface area (Å²) < 4.78 is 2.65. The molecule has 1 aromatic carbocycles. The summed E-state index contributed by atoms with van der Waals surface area (Å²) in [4.78, 5) is 11.2. The maximum Gasteiger partial charge on any atom is 0.339 e. The zero-order chi connectivity index (χ0) is 12.7. The van der Waals surface area contributed by atoms with Crippen molar-refractivity contribution in [3.8, 4) is 5.69 Å². The molecule has 0 radical (unpaired) electrons. The summed E-state index contributed by atoms with van der Waals surface area (Å²) in [5, 5.41) is 13.4. The first-order valence-corrected chi connectivity index (χ1v) is 6.54. The summed E-state index contributed by atoms with van der Waals surface area (Å²) in [5.74, 6) is -0.582. The van der Waals surface area contributed by atoms with Crippen molar-refractivity contribution in [2.45, 2.75) is 18.8 Å². The average molecular weight is 307 g/mol. The second kappa shape index (κ2) is 4.24. The highest BCUT2D eigenvalue weighted by Gasteiger charge is 2.33. The monoisotopic (exact) mass is 306 g/mol. The molecule has 4 nitrogen and oxygen atoms in total. The second-order valence-corrected chi connectivity index (χ2v) is 5.24. The molecule has 1 aliphatic carbocycles. The normalized spacial score (nSPS) is 14.7. The number of hydrogen-bond donors (Lipinski definition) is 1. The van der Waals surface area contributed by atoms with Crippen LogP contribution in [0, 0.1) is 0 Å². The number of aromatic carboxylic acids is 1. The van der Waals surface area contributed by atoms with Gasteiger partial charge in [0, 0.05) is 10.4 Å². The number of para-hydroxylation sites is 1. The van der Waals surface area contributed by atoms with Gasteiger partial charge < -0.3 is 5.11 Å². The number of benzene rings is 1. The first-order chi connectivity index (χ1) is 8.68. The van der Waals surface area contributed by atoms with E-state index in [-0.39, 0.29) is 0 Å². The minimum atomic E-state index is -0.907. The maximum absolute atomic E-state index is 11.2. The molecule has 1 heterocycles. The van der Waals surface area contributed by atoms with Crippen molar-refractivity contribution < 1.29 is 9.90 Å². The Morgan fingerprint density at radius 3 is 2.72 bits per heavy atom. The van der Waals surface area contributed by atoms with E-state index >= 15 is 0 Å². The van der Waals surface area contributed by atoms with Gasteiger partial charge in [-0.3, -0.25) is 0 Å². The number of rotatable bonds is 3. The van der Waals surface area contributed by atoms with E-state index in [0.29, 0.717) is 11.5 Å². The smallest absolute Gasteiger partial charge is 0.339 e. The third-order valence-electron chi connectivity index (χ3n) is 3.08. The predicted molar refractivity (Wildman–Crippen MR) is 70.2 cm³/mol. The number of aromatic nitrogens is 2. The SMILES string of the molecule is O=C(O)c1cnn(-c2ccccc2Br)c1C1CC1. The lowest BCUT2D eigenvalue weighted by atomic mass is 10.1. The first kappa shape index (κ1) is 11.5. The third-order valence-corrected chi connectivity index (χ3v) is 3.75. The lowest BCUT2D eigenvalue weighted by Gasteiger charge is -2.09. The summed E-state index contributed by atoms with van der Waals surface area (Å²) in [6, 6.07) is 7.69. The Morgan fingerprint density at radius 1 is 1.39 bits per heavy atom. The zero-order valence-electron chi connectivity index (χ0n) is 9.51. The third kappa shape index (κ3) is 1.84.